The van der Waals surface area contributed by atoms with E-state index in [-0.39, 0.29) is 0 Å². The first-order chi connectivity index (χ1) is 9.22. The molecule has 1 atom stereocenters. The van der Waals surface area contributed by atoms with Crippen LogP contribution in [0, 0.1) is 0 Å². The average Bonchev–Trinajstić information content (AvgIpc) is 2.87. The first-order valence-electron chi connectivity index (χ1n) is 7.76. The molecule has 2 N–H and O–H groups in total. The van der Waals surface area contributed by atoms with Gasteiger partial charge in [0, 0.05) is 12.6 Å². The Balaban J connectivity index is 1.65. The van der Waals surface area contributed by atoms with Crippen LogP contribution >= 0.6 is 0 Å². The van der Waals surface area contributed by atoms with Gasteiger partial charge in [0.1, 0.15) is 0 Å². The Kier molecular flexibility index (Phi) is 3.90. The lowest BCUT2D eigenvalue weighted by atomic mass is 9.81. The van der Waals surface area contributed by atoms with Crippen LogP contribution in [-0.4, -0.2) is 31.1 Å². The number of benzene rings is 1. The first-order valence-corrected chi connectivity index (χ1v) is 7.76. The summed E-state index contributed by atoms with van der Waals surface area (Å²) in [6.45, 7) is 2.46. The van der Waals surface area contributed by atoms with E-state index in [2.05, 4.69) is 36.2 Å². The summed E-state index contributed by atoms with van der Waals surface area (Å²) in [7, 11) is 2.22. The van der Waals surface area contributed by atoms with E-state index >= 15 is 0 Å². The van der Waals surface area contributed by atoms with Crippen molar-refractivity contribution in [1.82, 2.24) is 4.90 Å². The Labute approximate surface area is 117 Å². The number of likely N-dealkylation sites (tertiary alicyclic amines) is 1. The fraction of sp³-hybridized carbons (Fsp3) is 0.647. The molecule has 1 heterocycles. The monoisotopic (exact) mass is 258 g/mol. The van der Waals surface area contributed by atoms with Gasteiger partial charge in [-0.25, -0.2) is 0 Å². The van der Waals surface area contributed by atoms with E-state index in [0.717, 1.165) is 11.8 Å². The summed E-state index contributed by atoms with van der Waals surface area (Å²) in [5.74, 6) is 1.50. The average molecular weight is 258 g/mol. The lowest BCUT2D eigenvalue weighted by Crippen LogP contribution is -2.25. The van der Waals surface area contributed by atoms with Gasteiger partial charge in [-0.15, -0.1) is 0 Å². The highest BCUT2D eigenvalue weighted by molar-refractivity contribution is 5.29. The van der Waals surface area contributed by atoms with E-state index in [9.17, 15) is 0 Å². The number of hydrogen-bond acceptors (Lipinski definition) is 2. The van der Waals surface area contributed by atoms with Gasteiger partial charge in [-0.2, -0.15) is 0 Å². The molecular formula is C17H26N2. The maximum Gasteiger partial charge on any atom is 0.00477 e. The van der Waals surface area contributed by atoms with Gasteiger partial charge in [0.05, 0.1) is 0 Å². The second-order valence-electron chi connectivity index (χ2n) is 6.53. The molecule has 0 amide bonds. The molecule has 104 valence electrons. The topological polar surface area (TPSA) is 29.3 Å². The van der Waals surface area contributed by atoms with Gasteiger partial charge in [-0.05, 0) is 68.7 Å². The zero-order chi connectivity index (χ0) is 13.2. The summed E-state index contributed by atoms with van der Waals surface area (Å²) in [4.78, 5) is 2.43. The van der Waals surface area contributed by atoms with Crippen molar-refractivity contribution in [3.8, 4) is 0 Å². The van der Waals surface area contributed by atoms with E-state index in [0.29, 0.717) is 6.04 Å². The summed E-state index contributed by atoms with van der Waals surface area (Å²) >= 11 is 0. The predicted octanol–water partition coefficient (Wildman–Crippen LogP) is 3.09. The van der Waals surface area contributed by atoms with Crippen molar-refractivity contribution in [2.45, 2.75) is 50.0 Å². The molecule has 1 saturated heterocycles. The zero-order valence-corrected chi connectivity index (χ0v) is 12.0. The van der Waals surface area contributed by atoms with Crippen LogP contribution in [0.3, 0.4) is 0 Å². The van der Waals surface area contributed by atoms with Crippen LogP contribution in [0.4, 0.5) is 0 Å². The van der Waals surface area contributed by atoms with Gasteiger partial charge in [-0.3, -0.25) is 0 Å². The lowest BCUT2D eigenvalue weighted by molar-refractivity contribution is 0.395. The molecule has 2 nitrogen and oxygen atoms in total. The van der Waals surface area contributed by atoms with Crippen molar-refractivity contribution in [1.29, 1.82) is 0 Å². The number of nitrogens with two attached hydrogens (primary N) is 1. The molecule has 0 bridgehead atoms. The maximum atomic E-state index is 5.99. The van der Waals surface area contributed by atoms with Gasteiger partial charge in [0.15, 0.2) is 0 Å². The van der Waals surface area contributed by atoms with Gasteiger partial charge in [0.25, 0.3) is 0 Å². The van der Waals surface area contributed by atoms with E-state index in [1.165, 1.54) is 56.3 Å². The van der Waals surface area contributed by atoms with Gasteiger partial charge < -0.3 is 10.6 Å². The fourth-order valence-corrected chi connectivity index (χ4v) is 3.70. The van der Waals surface area contributed by atoms with Gasteiger partial charge in [-0.1, -0.05) is 24.3 Å². The molecule has 1 aromatic carbocycles. The number of likely N-dealkylation sites (N-methyl/N-ethyl adjacent to an activating group) is 1. The minimum Gasteiger partial charge on any atom is -0.328 e. The summed E-state index contributed by atoms with van der Waals surface area (Å²) in [6, 6.07) is 9.93. The Morgan fingerprint density at radius 3 is 2.00 bits per heavy atom. The summed E-state index contributed by atoms with van der Waals surface area (Å²) in [5, 5.41) is 0. The molecule has 2 aliphatic rings. The Morgan fingerprint density at radius 1 is 0.895 bits per heavy atom. The first kappa shape index (κ1) is 13.1. The number of rotatable bonds is 2. The third-order valence-electron chi connectivity index (χ3n) is 5.04. The molecule has 1 aromatic rings. The minimum atomic E-state index is 0.449. The normalized spacial score (nSPS) is 32.6. The van der Waals surface area contributed by atoms with Crippen molar-refractivity contribution >= 4 is 0 Å². The Bertz CT molecular complexity index is 404. The fourth-order valence-electron chi connectivity index (χ4n) is 3.70. The quantitative estimate of drug-likeness (QED) is 0.883. The van der Waals surface area contributed by atoms with Crippen LogP contribution in [0.1, 0.15) is 55.1 Å². The minimum absolute atomic E-state index is 0.449. The highest BCUT2D eigenvalue weighted by Crippen LogP contribution is 2.33. The van der Waals surface area contributed by atoms with Crippen molar-refractivity contribution in [2.24, 2.45) is 5.73 Å². The van der Waals surface area contributed by atoms with Crippen LogP contribution in [0.5, 0.6) is 0 Å². The smallest absolute Gasteiger partial charge is 0.00477 e. The van der Waals surface area contributed by atoms with Gasteiger partial charge in [0.2, 0.25) is 0 Å². The molecule has 2 fully saturated rings. The van der Waals surface area contributed by atoms with Gasteiger partial charge >= 0.3 is 0 Å². The third kappa shape index (κ3) is 3.01. The zero-order valence-electron chi connectivity index (χ0n) is 12.0. The van der Waals surface area contributed by atoms with Crippen LogP contribution in [0.2, 0.25) is 0 Å². The highest BCUT2D eigenvalue weighted by Gasteiger charge is 2.22. The van der Waals surface area contributed by atoms with Crippen molar-refractivity contribution in [2.75, 3.05) is 20.1 Å². The van der Waals surface area contributed by atoms with Crippen LogP contribution in [0.15, 0.2) is 24.3 Å². The largest absolute Gasteiger partial charge is 0.328 e. The second-order valence-corrected chi connectivity index (χ2v) is 6.53. The maximum absolute atomic E-state index is 5.99. The molecule has 1 aliphatic carbocycles. The number of nitrogens with zero attached hydrogens (tertiary/aromatic N) is 1. The van der Waals surface area contributed by atoms with Crippen molar-refractivity contribution < 1.29 is 0 Å². The summed E-state index contributed by atoms with van der Waals surface area (Å²) in [5.41, 5.74) is 9.05. The lowest BCUT2D eigenvalue weighted by Gasteiger charge is -2.26. The van der Waals surface area contributed by atoms with Crippen molar-refractivity contribution in [3.63, 3.8) is 0 Å². The molecule has 1 saturated carbocycles. The van der Waals surface area contributed by atoms with E-state index in [1.807, 2.05) is 0 Å². The van der Waals surface area contributed by atoms with E-state index in [4.69, 9.17) is 5.73 Å². The molecule has 1 unspecified atom stereocenters. The van der Waals surface area contributed by atoms with Crippen molar-refractivity contribution in [3.05, 3.63) is 35.4 Å². The summed E-state index contributed by atoms with van der Waals surface area (Å²) < 4.78 is 0. The third-order valence-corrected chi connectivity index (χ3v) is 5.04. The SMILES string of the molecule is CN1CCC(c2ccc(C3CCC(N)CC3)cc2)C1. The van der Waals surface area contributed by atoms with Crippen LogP contribution < -0.4 is 5.73 Å². The van der Waals surface area contributed by atoms with Crippen LogP contribution in [-0.2, 0) is 0 Å². The number of hydrogen-bond donors (Lipinski definition) is 1. The van der Waals surface area contributed by atoms with E-state index < -0.39 is 0 Å². The molecule has 0 aromatic heterocycles. The van der Waals surface area contributed by atoms with E-state index in [1.54, 1.807) is 0 Å². The molecule has 2 heteroatoms. The predicted molar refractivity (Wildman–Crippen MR) is 80.5 cm³/mol. The molecule has 0 spiro atoms. The Hall–Kier alpha value is -0.860. The molecule has 1 aliphatic heterocycles. The molecule has 19 heavy (non-hydrogen) atoms. The molecule has 0 radical (unpaired) electrons. The second kappa shape index (κ2) is 5.64. The standard InChI is InChI=1S/C17H26N2/c1-19-11-10-16(12-19)15-4-2-13(3-5-15)14-6-8-17(18)9-7-14/h2-5,14,16-17H,6-12,18H2,1H3. The Morgan fingerprint density at radius 2 is 1.47 bits per heavy atom. The molecular weight excluding hydrogens is 232 g/mol. The highest BCUT2D eigenvalue weighted by atomic mass is 15.1. The molecule has 3 rings (SSSR count). The summed E-state index contributed by atoms with van der Waals surface area (Å²) in [6.07, 6.45) is 6.24. The van der Waals surface area contributed by atoms with Crippen LogP contribution in [0.25, 0.3) is 0 Å².